The lowest BCUT2D eigenvalue weighted by Crippen LogP contribution is -2.31. The summed E-state index contributed by atoms with van der Waals surface area (Å²) in [6.45, 7) is 3.58. The van der Waals surface area contributed by atoms with Gasteiger partial charge in [-0.05, 0) is 34.6 Å². The third kappa shape index (κ3) is 5.40. The lowest BCUT2D eigenvalue weighted by atomic mass is 10.5. The fourth-order valence-electron chi connectivity index (χ4n) is 1.08. The van der Waals surface area contributed by atoms with Crippen LogP contribution in [0.4, 0.5) is 0 Å². The first-order valence-electron chi connectivity index (χ1n) is 4.96. The van der Waals surface area contributed by atoms with Gasteiger partial charge in [0.15, 0.2) is 0 Å². The van der Waals surface area contributed by atoms with Crippen LogP contribution in [0.25, 0.3) is 0 Å². The van der Waals surface area contributed by atoms with Gasteiger partial charge < -0.3 is 5.32 Å². The molecule has 0 bridgehead atoms. The van der Waals surface area contributed by atoms with Gasteiger partial charge in [0.1, 0.15) is 0 Å². The highest BCUT2D eigenvalue weighted by Crippen LogP contribution is 2.21. The molecule has 0 aliphatic carbocycles. The zero-order valence-electron chi connectivity index (χ0n) is 8.99. The summed E-state index contributed by atoms with van der Waals surface area (Å²) in [6.07, 6.45) is 0. The Balaban J connectivity index is 2.36. The van der Waals surface area contributed by atoms with E-state index in [1.54, 1.807) is 0 Å². The first-order valence-corrected chi connectivity index (χ1v) is 8.22. The molecule has 1 aromatic rings. The van der Waals surface area contributed by atoms with Gasteiger partial charge in [0.2, 0.25) is 10.0 Å². The van der Waals surface area contributed by atoms with Gasteiger partial charge in [0.25, 0.3) is 0 Å². The maximum atomic E-state index is 11.5. The first-order chi connectivity index (χ1) is 7.53. The minimum atomic E-state index is -3.16. The molecule has 0 aromatic carbocycles. The van der Waals surface area contributed by atoms with Crippen molar-refractivity contribution < 1.29 is 8.42 Å². The Bertz CT molecular complexity index is 417. The van der Waals surface area contributed by atoms with E-state index in [4.69, 9.17) is 0 Å². The van der Waals surface area contributed by atoms with Gasteiger partial charge in [-0.1, -0.05) is 6.92 Å². The number of hydrogen-bond acceptors (Lipinski definition) is 4. The average Bonchev–Trinajstić information content (AvgIpc) is 2.62. The second kappa shape index (κ2) is 6.70. The number of halogens is 1. The molecule has 0 aliphatic heterocycles. The summed E-state index contributed by atoms with van der Waals surface area (Å²) in [7, 11) is -3.16. The topological polar surface area (TPSA) is 58.2 Å². The number of sulfonamides is 1. The van der Waals surface area contributed by atoms with E-state index in [1.807, 2.05) is 19.1 Å². The van der Waals surface area contributed by atoms with Crippen LogP contribution in [-0.2, 0) is 16.6 Å². The third-order valence-corrected chi connectivity index (χ3v) is 4.84. The normalized spacial score (nSPS) is 11.9. The van der Waals surface area contributed by atoms with Crippen LogP contribution in [0, 0.1) is 0 Å². The van der Waals surface area contributed by atoms with Crippen LogP contribution in [0.2, 0.25) is 0 Å². The number of hydrogen-bond donors (Lipinski definition) is 2. The predicted octanol–water partition coefficient (Wildman–Crippen LogP) is 1.54. The van der Waals surface area contributed by atoms with Crippen molar-refractivity contribution in [3.63, 3.8) is 0 Å². The van der Waals surface area contributed by atoms with E-state index in [9.17, 15) is 8.42 Å². The summed E-state index contributed by atoms with van der Waals surface area (Å²) in [5, 5.41) is 2.98. The predicted molar refractivity (Wildman–Crippen MR) is 71.2 cm³/mol. The Morgan fingerprint density at radius 3 is 2.75 bits per heavy atom. The molecular formula is C9H15BrN2O2S2. The highest BCUT2D eigenvalue weighted by atomic mass is 79.9. The average molecular weight is 327 g/mol. The Kier molecular flexibility index (Phi) is 5.91. The molecule has 0 fully saturated rings. The molecule has 0 spiro atoms. The molecule has 0 unspecified atom stereocenters. The van der Waals surface area contributed by atoms with Gasteiger partial charge in [-0.2, -0.15) is 0 Å². The summed E-state index contributed by atoms with van der Waals surface area (Å²) >= 11 is 4.87. The van der Waals surface area contributed by atoms with E-state index in [-0.39, 0.29) is 5.75 Å². The van der Waals surface area contributed by atoms with Gasteiger partial charge in [0.05, 0.1) is 9.54 Å². The summed E-state index contributed by atoms with van der Waals surface area (Å²) in [5.41, 5.74) is 0. The van der Waals surface area contributed by atoms with Crippen molar-refractivity contribution in [1.29, 1.82) is 0 Å². The molecule has 2 N–H and O–H groups in total. The maximum Gasteiger partial charge on any atom is 0.213 e. The smallest absolute Gasteiger partial charge is 0.213 e. The number of nitrogens with one attached hydrogen (secondary N) is 2. The van der Waals surface area contributed by atoms with Gasteiger partial charge in [-0.25, -0.2) is 13.1 Å². The summed E-state index contributed by atoms with van der Waals surface area (Å²) in [5.74, 6) is 0.118. The molecule has 1 heterocycles. The van der Waals surface area contributed by atoms with Crippen molar-refractivity contribution in [3.8, 4) is 0 Å². The van der Waals surface area contributed by atoms with E-state index >= 15 is 0 Å². The number of thiophene rings is 1. The Morgan fingerprint density at radius 1 is 1.44 bits per heavy atom. The van der Waals surface area contributed by atoms with Crippen molar-refractivity contribution in [2.75, 3.05) is 18.8 Å². The zero-order chi connectivity index (χ0) is 12.0. The van der Waals surface area contributed by atoms with E-state index in [1.165, 1.54) is 11.3 Å². The van der Waals surface area contributed by atoms with Gasteiger partial charge >= 0.3 is 0 Å². The second-order valence-electron chi connectivity index (χ2n) is 3.20. The van der Waals surface area contributed by atoms with Crippen molar-refractivity contribution in [3.05, 3.63) is 20.8 Å². The summed E-state index contributed by atoms with van der Waals surface area (Å²) in [4.78, 5) is 0.999. The van der Waals surface area contributed by atoms with Crippen molar-refractivity contribution in [2.45, 2.75) is 13.5 Å². The highest BCUT2D eigenvalue weighted by molar-refractivity contribution is 9.11. The minimum Gasteiger partial charge on any atom is -0.316 e. The Hall–Kier alpha value is 0.0500. The van der Waals surface area contributed by atoms with Crippen LogP contribution >= 0.6 is 27.3 Å². The lowest BCUT2D eigenvalue weighted by Gasteiger charge is -2.05. The fraction of sp³-hybridized carbons (Fsp3) is 0.556. The van der Waals surface area contributed by atoms with Crippen LogP contribution in [0.5, 0.6) is 0 Å². The molecule has 0 radical (unpaired) electrons. The molecule has 0 aliphatic rings. The number of rotatable bonds is 7. The van der Waals surface area contributed by atoms with Crippen LogP contribution in [0.1, 0.15) is 11.8 Å². The highest BCUT2D eigenvalue weighted by Gasteiger charge is 2.09. The third-order valence-electron chi connectivity index (χ3n) is 1.89. The van der Waals surface area contributed by atoms with Crippen molar-refractivity contribution in [2.24, 2.45) is 0 Å². The van der Waals surface area contributed by atoms with Gasteiger partial charge in [0, 0.05) is 18.0 Å². The zero-order valence-corrected chi connectivity index (χ0v) is 12.2. The fourth-order valence-corrected chi connectivity index (χ4v) is 3.53. The molecule has 1 aromatic heterocycles. The monoisotopic (exact) mass is 326 g/mol. The molecule has 92 valence electrons. The van der Waals surface area contributed by atoms with Crippen LogP contribution in [-0.4, -0.2) is 27.3 Å². The lowest BCUT2D eigenvalue weighted by molar-refractivity contribution is 0.578. The Labute approximate surface area is 109 Å². The van der Waals surface area contributed by atoms with E-state index in [0.29, 0.717) is 13.1 Å². The van der Waals surface area contributed by atoms with Crippen LogP contribution < -0.4 is 10.0 Å². The Morgan fingerprint density at radius 2 is 2.19 bits per heavy atom. The van der Waals surface area contributed by atoms with Gasteiger partial charge in [-0.15, -0.1) is 11.3 Å². The quantitative estimate of drug-likeness (QED) is 0.747. The first kappa shape index (κ1) is 14.1. The molecule has 0 saturated heterocycles. The molecular weight excluding hydrogens is 312 g/mol. The van der Waals surface area contributed by atoms with Crippen molar-refractivity contribution in [1.82, 2.24) is 10.0 Å². The summed E-state index contributed by atoms with van der Waals surface area (Å²) < 4.78 is 26.6. The van der Waals surface area contributed by atoms with Gasteiger partial charge in [-0.3, -0.25) is 0 Å². The van der Waals surface area contributed by atoms with Crippen LogP contribution in [0.15, 0.2) is 15.9 Å². The minimum absolute atomic E-state index is 0.118. The molecule has 0 atom stereocenters. The molecule has 0 saturated carbocycles. The van der Waals surface area contributed by atoms with E-state index < -0.39 is 10.0 Å². The maximum absolute atomic E-state index is 11.5. The molecule has 0 amide bonds. The summed E-state index contributed by atoms with van der Waals surface area (Å²) in [6, 6.07) is 3.81. The van der Waals surface area contributed by atoms with Crippen molar-refractivity contribution >= 4 is 37.3 Å². The molecule has 4 nitrogen and oxygen atoms in total. The second-order valence-corrected chi connectivity index (χ2v) is 7.67. The SMILES string of the molecule is CCNCCS(=O)(=O)NCc1ccc(Br)s1. The van der Waals surface area contributed by atoms with E-state index in [0.717, 1.165) is 15.2 Å². The molecule has 16 heavy (non-hydrogen) atoms. The van der Waals surface area contributed by atoms with Crippen LogP contribution in [0.3, 0.4) is 0 Å². The molecule has 7 heteroatoms. The standard InChI is InChI=1S/C9H15BrN2O2S2/c1-2-11-5-6-16(13,14)12-7-8-3-4-9(10)15-8/h3-4,11-12H,2,5-7H2,1H3. The molecule has 1 rings (SSSR count). The largest absolute Gasteiger partial charge is 0.316 e. The van der Waals surface area contributed by atoms with E-state index in [2.05, 4.69) is 26.0 Å².